The van der Waals surface area contributed by atoms with Gasteiger partial charge in [-0.05, 0) is 36.4 Å². The Morgan fingerprint density at radius 2 is 1.95 bits per heavy atom. The molecule has 1 N–H and O–H groups in total. The Bertz CT molecular complexity index is 375. The molecule has 1 aromatic rings. The number of hydrogen-bond donors (Lipinski definition) is 1. The van der Waals surface area contributed by atoms with E-state index < -0.39 is 0 Å². The Morgan fingerprint density at radius 1 is 1.20 bits per heavy atom. The van der Waals surface area contributed by atoms with Gasteiger partial charge < -0.3 is 10.1 Å². The molecular formula is C18H31NO. The summed E-state index contributed by atoms with van der Waals surface area (Å²) in [5.41, 5.74) is 2.78. The molecule has 2 unspecified atom stereocenters. The van der Waals surface area contributed by atoms with E-state index in [-0.39, 0.29) is 12.1 Å². The van der Waals surface area contributed by atoms with Gasteiger partial charge in [-0.25, -0.2) is 0 Å². The lowest BCUT2D eigenvalue weighted by atomic mass is 9.94. The number of nitrogens with one attached hydrogen (secondary N) is 1. The smallest absolute Gasteiger partial charge is 0.0765 e. The number of hydrogen-bond acceptors (Lipinski definition) is 2. The van der Waals surface area contributed by atoms with E-state index >= 15 is 0 Å². The number of ether oxygens (including phenoxy) is 1. The predicted molar refractivity (Wildman–Crippen MR) is 87.1 cm³/mol. The van der Waals surface area contributed by atoms with Crippen LogP contribution in [0.5, 0.6) is 0 Å². The van der Waals surface area contributed by atoms with Crippen LogP contribution in [0.25, 0.3) is 0 Å². The van der Waals surface area contributed by atoms with E-state index in [1.807, 2.05) is 7.11 Å². The van der Waals surface area contributed by atoms with Crippen LogP contribution in [0, 0.1) is 5.92 Å². The highest BCUT2D eigenvalue weighted by Crippen LogP contribution is 2.24. The van der Waals surface area contributed by atoms with Crippen molar-refractivity contribution >= 4 is 0 Å². The second-order valence-corrected chi connectivity index (χ2v) is 5.94. The van der Waals surface area contributed by atoms with Crippen LogP contribution in [0.1, 0.15) is 57.7 Å². The fourth-order valence-electron chi connectivity index (χ4n) is 2.77. The van der Waals surface area contributed by atoms with Gasteiger partial charge in [0, 0.05) is 7.11 Å². The molecule has 20 heavy (non-hydrogen) atoms. The molecule has 1 aromatic carbocycles. The summed E-state index contributed by atoms with van der Waals surface area (Å²) in [7, 11) is 1.82. The van der Waals surface area contributed by atoms with E-state index in [1.54, 1.807) is 0 Å². The molecule has 2 atom stereocenters. The molecule has 0 radical (unpaired) electrons. The molecule has 0 saturated heterocycles. The molecule has 0 spiro atoms. The van der Waals surface area contributed by atoms with Crippen molar-refractivity contribution in [1.82, 2.24) is 5.32 Å². The molecule has 2 nitrogen and oxygen atoms in total. The summed E-state index contributed by atoms with van der Waals surface area (Å²) >= 11 is 0. The summed E-state index contributed by atoms with van der Waals surface area (Å²) in [4.78, 5) is 0. The first-order chi connectivity index (χ1) is 9.62. The maximum atomic E-state index is 5.72. The lowest BCUT2D eigenvalue weighted by molar-refractivity contribution is 0.0611. The molecule has 0 aromatic heterocycles. The molecule has 0 amide bonds. The van der Waals surface area contributed by atoms with Crippen molar-refractivity contribution in [1.29, 1.82) is 0 Å². The van der Waals surface area contributed by atoms with Gasteiger partial charge in [0.05, 0.1) is 12.1 Å². The van der Waals surface area contributed by atoms with Crippen LogP contribution in [-0.4, -0.2) is 19.8 Å². The molecule has 0 heterocycles. The van der Waals surface area contributed by atoms with Crippen molar-refractivity contribution in [3.63, 3.8) is 0 Å². The number of benzene rings is 1. The van der Waals surface area contributed by atoms with Gasteiger partial charge >= 0.3 is 0 Å². The molecule has 0 bridgehead atoms. The van der Waals surface area contributed by atoms with Crippen LogP contribution in [0.4, 0.5) is 0 Å². The Balaban J connectivity index is 2.95. The topological polar surface area (TPSA) is 21.3 Å². The summed E-state index contributed by atoms with van der Waals surface area (Å²) in [6, 6.07) is 9.26. The summed E-state index contributed by atoms with van der Waals surface area (Å²) in [6.07, 6.45) is 3.61. The minimum Gasteiger partial charge on any atom is -0.379 e. The second-order valence-electron chi connectivity index (χ2n) is 5.94. The fraction of sp³-hybridized carbons (Fsp3) is 0.667. The molecule has 114 valence electrons. The first-order valence-corrected chi connectivity index (χ1v) is 7.97. The van der Waals surface area contributed by atoms with Crippen molar-refractivity contribution in [2.45, 2.75) is 59.1 Å². The zero-order chi connectivity index (χ0) is 15.0. The van der Waals surface area contributed by atoms with Crippen molar-refractivity contribution in [3.05, 3.63) is 35.4 Å². The molecule has 0 aliphatic rings. The Hall–Kier alpha value is -0.860. The molecule has 0 aliphatic carbocycles. The summed E-state index contributed by atoms with van der Waals surface area (Å²) in [6.45, 7) is 9.86. The number of rotatable bonds is 9. The van der Waals surface area contributed by atoms with Crippen LogP contribution < -0.4 is 5.32 Å². The van der Waals surface area contributed by atoms with Crippen LogP contribution >= 0.6 is 0 Å². The van der Waals surface area contributed by atoms with E-state index in [1.165, 1.54) is 11.1 Å². The lowest BCUT2D eigenvalue weighted by Gasteiger charge is -2.27. The predicted octanol–water partition coefficient (Wildman–Crippen LogP) is 4.35. The van der Waals surface area contributed by atoms with Gasteiger partial charge in [-0.15, -0.1) is 0 Å². The third-order valence-corrected chi connectivity index (χ3v) is 3.63. The Kier molecular flexibility index (Phi) is 7.86. The molecule has 2 heteroatoms. The van der Waals surface area contributed by atoms with Gasteiger partial charge in [-0.2, -0.15) is 0 Å². The van der Waals surface area contributed by atoms with Crippen molar-refractivity contribution in [2.24, 2.45) is 5.92 Å². The van der Waals surface area contributed by atoms with Crippen molar-refractivity contribution < 1.29 is 4.74 Å². The largest absolute Gasteiger partial charge is 0.379 e. The normalized spacial score (nSPS) is 14.5. The number of methoxy groups -OCH3 is 1. The Morgan fingerprint density at radius 3 is 2.50 bits per heavy atom. The highest BCUT2D eigenvalue weighted by atomic mass is 16.5. The molecule has 0 saturated carbocycles. The van der Waals surface area contributed by atoms with Crippen LogP contribution in [-0.2, 0) is 11.2 Å². The van der Waals surface area contributed by atoms with E-state index in [0.717, 1.165) is 25.8 Å². The lowest BCUT2D eigenvalue weighted by Crippen LogP contribution is -2.33. The zero-order valence-electron chi connectivity index (χ0n) is 13.8. The maximum Gasteiger partial charge on any atom is 0.0765 e. The van der Waals surface area contributed by atoms with Gasteiger partial charge in [0.15, 0.2) is 0 Å². The summed E-state index contributed by atoms with van der Waals surface area (Å²) in [5.74, 6) is 0.691. The van der Waals surface area contributed by atoms with Gasteiger partial charge in [-0.3, -0.25) is 0 Å². The third kappa shape index (κ3) is 5.26. The van der Waals surface area contributed by atoms with E-state index in [0.29, 0.717) is 5.92 Å². The zero-order valence-corrected chi connectivity index (χ0v) is 13.8. The van der Waals surface area contributed by atoms with Gasteiger partial charge in [0.2, 0.25) is 0 Å². The highest BCUT2D eigenvalue weighted by molar-refractivity contribution is 5.27. The summed E-state index contributed by atoms with van der Waals surface area (Å²) < 4.78 is 5.72. The quantitative estimate of drug-likeness (QED) is 0.724. The first-order valence-electron chi connectivity index (χ1n) is 7.97. The van der Waals surface area contributed by atoms with E-state index in [4.69, 9.17) is 4.74 Å². The average molecular weight is 277 g/mol. The fourth-order valence-corrected chi connectivity index (χ4v) is 2.77. The van der Waals surface area contributed by atoms with Gasteiger partial charge in [-0.1, -0.05) is 58.4 Å². The van der Waals surface area contributed by atoms with E-state index in [2.05, 4.69) is 57.3 Å². The van der Waals surface area contributed by atoms with Crippen LogP contribution in [0.2, 0.25) is 0 Å². The molecule has 1 rings (SSSR count). The Labute approximate surface area is 124 Å². The third-order valence-electron chi connectivity index (χ3n) is 3.63. The van der Waals surface area contributed by atoms with Crippen molar-refractivity contribution in [3.8, 4) is 0 Å². The minimum absolute atomic E-state index is 0.245. The summed E-state index contributed by atoms with van der Waals surface area (Å²) in [5, 5.41) is 3.59. The monoisotopic (exact) mass is 277 g/mol. The maximum absolute atomic E-state index is 5.72. The van der Waals surface area contributed by atoms with E-state index in [9.17, 15) is 0 Å². The minimum atomic E-state index is 0.245. The average Bonchev–Trinajstić information content (AvgIpc) is 2.42. The van der Waals surface area contributed by atoms with Crippen LogP contribution in [0.3, 0.4) is 0 Å². The molecule has 0 aliphatic heterocycles. The first kappa shape index (κ1) is 17.2. The standard InChI is InChI=1S/C18H31NO/c1-6-9-17(20-5)18(19-7-2)16-11-8-10-15(13-16)12-14(3)4/h8,10-11,13-14,17-19H,6-7,9,12H2,1-5H3. The SMILES string of the molecule is CCCC(OC)C(NCC)c1cccc(CC(C)C)c1. The van der Waals surface area contributed by atoms with Crippen molar-refractivity contribution in [2.75, 3.05) is 13.7 Å². The van der Waals surface area contributed by atoms with Crippen LogP contribution in [0.15, 0.2) is 24.3 Å². The molecular weight excluding hydrogens is 246 g/mol. The van der Waals surface area contributed by atoms with Gasteiger partial charge in [0.25, 0.3) is 0 Å². The highest BCUT2D eigenvalue weighted by Gasteiger charge is 2.21. The number of likely N-dealkylation sites (N-methyl/N-ethyl adjacent to an activating group) is 1. The molecule has 0 fully saturated rings. The van der Waals surface area contributed by atoms with Gasteiger partial charge in [0.1, 0.15) is 0 Å². The second kappa shape index (κ2) is 9.15.